The first-order valence-corrected chi connectivity index (χ1v) is 6.95. The lowest BCUT2D eigenvalue weighted by molar-refractivity contribution is 0.0534. The molecule has 6 heteroatoms. The smallest absolute Gasteiger partial charge is 0.261 e. The molecule has 1 amide bonds. The molecule has 0 spiro atoms. The second-order valence-corrected chi connectivity index (χ2v) is 5.35. The van der Waals surface area contributed by atoms with Gasteiger partial charge in [-0.05, 0) is 30.9 Å². The molecule has 2 N–H and O–H groups in total. The normalized spacial score (nSPS) is 22.4. The number of rotatable bonds is 1. The summed E-state index contributed by atoms with van der Waals surface area (Å²) in [7, 11) is 0. The van der Waals surface area contributed by atoms with Crippen LogP contribution in [0.3, 0.4) is 0 Å². The van der Waals surface area contributed by atoms with Crippen LogP contribution in [0.15, 0.2) is 10.9 Å². The number of aryl methyl sites for hydroxylation is 2. The molecule has 0 saturated carbocycles. The van der Waals surface area contributed by atoms with Crippen LogP contribution < -0.4 is 5.56 Å². The fourth-order valence-corrected chi connectivity index (χ4v) is 2.82. The van der Waals surface area contributed by atoms with Gasteiger partial charge in [0, 0.05) is 18.8 Å². The largest absolute Gasteiger partial charge is 0.389 e. The van der Waals surface area contributed by atoms with Gasteiger partial charge in [-0.2, -0.15) is 0 Å². The molecule has 1 atom stereocenters. The van der Waals surface area contributed by atoms with E-state index in [1.807, 2.05) is 0 Å². The molecule has 20 heavy (non-hydrogen) atoms. The number of carbonyl (C=O) groups is 1. The highest BCUT2D eigenvalue weighted by Crippen LogP contribution is 2.19. The van der Waals surface area contributed by atoms with Crippen molar-refractivity contribution in [1.29, 1.82) is 0 Å². The van der Waals surface area contributed by atoms with Crippen LogP contribution in [0, 0.1) is 0 Å². The maximum absolute atomic E-state index is 12.5. The molecule has 1 aliphatic carbocycles. The van der Waals surface area contributed by atoms with Crippen LogP contribution in [0.25, 0.3) is 0 Å². The average molecular weight is 278 g/mol. The summed E-state index contributed by atoms with van der Waals surface area (Å²) in [6.07, 6.45) is 2.09. The van der Waals surface area contributed by atoms with Crippen LogP contribution in [0.2, 0.25) is 0 Å². The molecule has 1 unspecified atom stereocenters. The summed E-state index contributed by atoms with van der Waals surface area (Å²) >= 11 is 0. The van der Waals surface area contributed by atoms with E-state index in [4.69, 9.17) is 4.74 Å². The van der Waals surface area contributed by atoms with Gasteiger partial charge in [0.15, 0.2) is 0 Å². The summed E-state index contributed by atoms with van der Waals surface area (Å²) < 4.78 is 5.20. The standard InChI is InChI=1S/C14H18N2O4/c17-10-7-16(4-5-20-8-10)14(19)11-6-9-2-1-3-12(9)15-13(11)18/h6,10,17H,1-5,7-8H2,(H,15,18). The summed E-state index contributed by atoms with van der Waals surface area (Å²) in [5, 5.41) is 9.67. The number of pyridine rings is 1. The van der Waals surface area contributed by atoms with E-state index in [1.54, 1.807) is 6.07 Å². The molecule has 6 nitrogen and oxygen atoms in total. The van der Waals surface area contributed by atoms with E-state index in [9.17, 15) is 14.7 Å². The van der Waals surface area contributed by atoms with E-state index >= 15 is 0 Å². The lowest BCUT2D eigenvalue weighted by Crippen LogP contribution is -2.40. The predicted octanol–water partition coefficient (Wildman–Crippen LogP) is -0.303. The van der Waals surface area contributed by atoms with Crippen molar-refractivity contribution in [3.8, 4) is 0 Å². The van der Waals surface area contributed by atoms with Crippen LogP contribution >= 0.6 is 0 Å². The van der Waals surface area contributed by atoms with Crippen molar-refractivity contribution < 1.29 is 14.6 Å². The maximum atomic E-state index is 12.5. The highest BCUT2D eigenvalue weighted by molar-refractivity contribution is 5.94. The van der Waals surface area contributed by atoms with Crippen LogP contribution in [-0.4, -0.2) is 53.3 Å². The molecule has 1 aliphatic heterocycles. The van der Waals surface area contributed by atoms with Crippen molar-refractivity contribution in [2.75, 3.05) is 26.3 Å². The summed E-state index contributed by atoms with van der Waals surface area (Å²) in [6, 6.07) is 1.71. The molecule has 1 fully saturated rings. The zero-order valence-electron chi connectivity index (χ0n) is 11.2. The number of carbonyl (C=O) groups excluding carboxylic acids is 1. The molecule has 1 saturated heterocycles. The second kappa shape index (κ2) is 5.38. The van der Waals surface area contributed by atoms with E-state index < -0.39 is 6.10 Å². The third-order valence-electron chi connectivity index (χ3n) is 3.85. The molecule has 3 rings (SSSR count). The molecule has 108 valence electrons. The Morgan fingerprint density at radius 2 is 2.30 bits per heavy atom. The molecule has 0 bridgehead atoms. The highest BCUT2D eigenvalue weighted by atomic mass is 16.5. The zero-order valence-corrected chi connectivity index (χ0v) is 11.2. The Morgan fingerprint density at radius 3 is 3.15 bits per heavy atom. The topological polar surface area (TPSA) is 82.6 Å². The maximum Gasteiger partial charge on any atom is 0.261 e. The Hall–Kier alpha value is -1.66. The van der Waals surface area contributed by atoms with E-state index in [0.29, 0.717) is 13.2 Å². The highest BCUT2D eigenvalue weighted by Gasteiger charge is 2.25. The van der Waals surface area contributed by atoms with Gasteiger partial charge in [-0.25, -0.2) is 0 Å². The number of hydrogen-bond acceptors (Lipinski definition) is 4. The van der Waals surface area contributed by atoms with Crippen molar-refractivity contribution in [1.82, 2.24) is 9.88 Å². The lowest BCUT2D eigenvalue weighted by Gasteiger charge is -2.21. The molecule has 1 aromatic rings. The van der Waals surface area contributed by atoms with E-state index in [2.05, 4.69) is 4.98 Å². The van der Waals surface area contributed by atoms with Crippen LogP contribution in [0.5, 0.6) is 0 Å². The summed E-state index contributed by atoms with van der Waals surface area (Å²) in [5.74, 6) is -0.328. The van der Waals surface area contributed by atoms with Crippen molar-refractivity contribution >= 4 is 5.91 Å². The number of hydrogen-bond donors (Lipinski definition) is 2. The quantitative estimate of drug-likeness (QED) is 0.738. The fourth-order valence-electron chi connectivity index (χ4n) is 2.82. The van der Waals surface area contributed by atoms with Gasteiger partial charge in [-0.15, -0.1) is 0 Å². The lowest BCUT2D eigenvalue weighted by atomic mass is 10.1. The number of β-amino-alcohol motifs (C(OH)–C–C–N with tert-alkyl or cyclic N) is 1. The first-order chi connectivity index (χ1) is 9.65. The number of aliphatic hydroxyl groups is 1. The molecule has 2 heterocycles. The molecular formula is C14H18N2O4. The SMILES string of the molecule is O=C(c1cc2c([nH]c1=O)CCC2)N1CCOCC(O)C1. The van der Waals surface area contributed by atoms with Crippen LogP contribution in [0.4, 0.5) is 0 Å². The number of ether oxygens (including phenoxy) is 1. The Labute approximate surface area is 116 Å². The third kappa shape index (κ3) is 2.48. The molecule has 1 aromatic heterocycles. The van der Waals surface area contributed by atoms with Gasteiger partial charge < -0.3 is 19.7 Å². The van der Waals surface area contributed by atoms with Crippen molar-refractivity contribution in [3.63, 3.8) is 0 Å². The monoisotopic (exact) mass is 278 g/mol. The number of H-pyrrole nitrogens is 1. The van der Waals surface area contributed by atoms with Gasteiger partial charge in [-0.1, -0.05) is 0 Å². The summed E-state index contributed by atoms with van der Waals surface area (Å²) in [6.45, 7) is 1.21. The van der Waals surface area contributed by atoms with E-state index in [0.717, 1.165) is 30.5 Å². The van der Waals surface area contributed by atoms with Gasteiger partial charge >= 0.3 is 0 Å². The first kappa shape index (κ1) is 13.3. The number of nitrogens with one attached hydrogen (secondary N) is 1. The summed E-state index contributed by atoms with van der Waals surface area (Å²) in [4.78, 5) is 28.8. The zero-order chi connectivity index (χ0) is 14.1. The Morgan fingerprint density at radius 1 is 1.45 bits per heavy atom. The Balaban J connectivity index is 1.88. The van der Waals surface area contributed by atoms with E-state index in [1.165, 1.54) is 4.90 Å². The van der Waals surface area contributed by atoms with Gasteiger partial charge in [0.25, 0.3) is 11.5 Å². The number of aliphatic hydroxyl groups excluding tert-OH is 1. The number of nitrogens with zero attached hydrogens (tertiary/aromatic N) is 1. The summed E-state index contributed by atoms with van der Waals surface area (Å²) in [5.41, 5.74) is 1.83. The predicted molar refractivity (Wildman–Crippen MR) is 71.8 cm³/mol. The van der Waals surface area contributed by atoms with Crippen LogP contribution in [0.1, 0.15) is 28.0 Å². The van der Waals surface area contributed by atoms with Crippen molar-refractivity contribution in [2.24, 2.45) is 0 Å². The third-order valence-corrected chi connectivity index (χ3v) is 3.85. The molecule has 0 radical (unpaired) electrons. The molecule has 2 aliphatic rings. The van der Waals surface area contributed by atoms with Gasteiger partial charge in [0.2, 0.25) is 0 Å². The average Bonchev–Trinajstić information content (AvgIpc) is 2.76. The number of fused-ring (bicyclic) bond motifs is 1. The minimum Gasteiger partial charge on any atom is -0.389 e. The second-order valence-electron chi connectivity index (χ2n) is 5.35. The number of aromatic amines is 1. The number of amides is 1. The van der Waals surface area contributed by atoms with Gasteiger partial charge in [-0.3, -0.25) is 9.59 Å². The van der Waals surface area contributed by atoms with E-state index in [-0.39, 0.29) is 30.2 Å². The van der Waals surface area contributed by atoms with Gasteiger partial charge in [0.05, 0.1) is 19.3 Å². The van der Waals surface area contributed by atoms with Crippen LogP contribution in [-0.2, 0) is 17.6 Å². The van der Waals surface area contributed by atoms with Crippen molar-refractivity contribution in [3.05, 3.63) is 33.2 Å². The number of aromatic nitrogens is 1. The first-order valence-electron chi connectivity index (χ1n) is 6.95. The fraction of sp³-hybridized carbons (Fsp3) is 0.571. The Bertz CT molecular complexity index is 581. The van der Waals surface area contributed by atoms with Gasteiger partial charge in [0.1, 0.15) is 5.56 Å². The minimum absolute atomic E-state index is 0.166. The minimum atomic E-state index is -0.699. The van der Waals surface area contributed by atoms with Crippen molar-refractivity contribution in [2.45, 2.75) is 25.4 Å². The molecular weight excluding hydrogens is 260 g/mol. The Kier molecular flexibility index (Phi) is 3.58. The molecule has 0 aromatic carbocycles.